The van der Waals surface area contributed by atoms with Crippen molar-refractivity contribution >= 4 is 17.2 Å². The standard InChI is InChI=1S/C28H29ClN2O3/c1-33-23-10-11-24-25(27-20(4-2-14-30-27)19-34-26(24)18-23)5-3-15-31-16-12-28(32,13-17-31)21-6-8-22(29)9-7-21/h2,4-11,14,18,32H,3,12-13,15-17,19H2,1H3/b25-5+. The van der Waals surface area contributed by atoms with Gasteiger partial charge in [0.15, 0.2) is 0 Å². The number of halogens is 1. The van der Waals surface area contributed by atoms with Crippen LogP contribution in [0.25, 0.3) is 5.57 Å². The molecule has 6 heteroatoms. The maximum absolute atomic E-state index is 11.2. The van der Waals surface area contributed by atoms with Crippen molar-refractivity contribution in [2.24, 2.45) is 0 Å². The van der Waals surface area contributed by atoms with Crippen molar-refractivity contribution in [1.29, 1.82) is 0 Å². The molecule has 5 rings (SSSR count). The summed E-state index contributed by atoms with van der Waals surface area (Å²) < 4.78 is 11.5. The van der Waals surface area contributed by atoms with Crippen molar-refractivity contribution < 1.29 is 14.6 Å². The molecule has 176 valence electrons. The molecule has 0 spiro atoms. The van der Waals surface area contributed by atoms with Gasteiger partial charge in [-0.05, 0) is 55.2 Å². The quantitative estimate of drug-likeness (QED) is 0.531. The molecule has 1 fully saturated rings. The average molecular weight is 477 g/mol. The third-order valence-electron chi connectivity index (χ3n) is 6.87. The normalized spacial score (nSPS) is 18.5. The van der Waals surface area contributed by atoms with Crippen LogP contribution in [0.2, 0.25) is 5.02 Å². The predicted octanol–water partition coefficient (Wildman–Crippen LogP) is 5.44. The lowest BCUT2D eigenvalue weighted by atomic mass is 9.84. The van der Waals surface area contributed by atoms with Crippen LogP contribution in [-0.2, 0) is 12.2 Å². The fourth-order valence-electron chi connectivity index (χ4n) is 4.85. The summed E-state index contributed by atoms with van der Waals surface area (Å²) in [5.41, 5.74) is 4.36. The number of hydrogen-bond acceptors (Lipinski definition) is 5. The molecule has 1 aromatic heterocycles. The fraction of sp³-hybridized carbons (Fsp3) is 0.321. The largest absolute Gasteiger partial charge is 0.497 e. The van der Waals surface area contributed by atoms with Gasteiger partial charge in [-0.3, -0.25) is 4.98 Å². The zero-order valence-corrected chi connectivity index (χ0v) is 20.1. The van der Waals surface area contributed by atoms with E-state index in [0.717, 1.165) is 65.5 Å². The van der Waals surface area contributed by atoms with Gasteiger partial charge in [-0.25, -0.2) is 0 Å². The number of piperidine rings is 1. The first kappa shape index (κ1) is 22.9. The Labute approximate surface area is 205 Å². The summed E-state index contributed by atoms with van der Waals surface area (Å²) in [5.74, 6) is 1.59. The molecule has 2 aliphatic heterocycles. The highest BCUT2D eigenvalue weighted by molar-refractivity contribution is 6.30. The first-order valence-electron chi connectivity index (χ1n) is 11.7. The molecule has 0 aliphatic carbocycles. The van der Waals surface area contributed by atoms with Crippen LogP contribution in [0.1, 0.15) is 41.6 Å². The van der Waals surface area contributed by atoms with Crippen LogP contribution in [0, 0.1) is 0 Å². The molecule has 0 unspecified atom stereocenters. The maximum Gasteiger partial charge on any atom is 0.131 e. The Hall–Kier alpha value is -2.86. The van der Waals surface area contributed by atoms with Gasteiger partial charge in [-0.1, -0.05) is 35.9 Å². The van der Waals surface area contributed by atoms with Gasteiger partial charge in [0.25, 0.3) is 0 Å². The van der Waals surface area contributed by atoms with E-state index in [9.17, 15) is 5.11 Å². The SMILES string of the molecule is COc1ccc2c(c1)OCc1cccnc1/C2=C/CCN1CCC(O)(c2ccc(Cl)cc2)CC1. The predicted molar refractivity (Wildman–Crippen MR) is 134 cm³/mol. The Morgan fingerprint density at radius 2 is 1.94 bits per heavy atom. The van der Waals surface area contributed by atoms with Gasteiger partial charge in [0.05, 0.1) is 18.4 Å². The number of likely N-dealkylation sites (tertiary alicyclic amines) is 1. The van der Waals surface area contributed by atoms with E-state index in [4.69, 9.17) is 26.1 Å². The Kier molecular flexibility index (Phi) is 6.59. The number of hydrogen-bond donors (Lipinski definition) is 1. The number of nitrogens with zero attached hydrogens (tertiary/aromatic N) is 2. The zero-order chi connectivity index (χ0) is 23.5. The van der Waals surface area contributed by atoms with Crippen molar-refractivity contribution in [2.45, 2.75) is 31.5 Å². The van der Waals surface area contributed by atoms with E-state index >= 15 is 0 Å². The monoisotopic (exact) mass is 476 g/mol. The maximum atomic E-state index is 11.2. The van der Waals surface area contributed by atoms with Crippen LogP contribution < -0.4 is 9.47 Å². The molecule has 34 heavy (non-hydrogen) atoms. The molecule has 0 atom stereocenters. The number of fused-ring (bicyclic) bond motifs is 2. The van der Waals surface area contributed by atoms with E-state index in [1.54, 1.807) is 7.11 Å². The van der Waals surface area contributed by atoms with Gasteiger partial charge in [0.1, 0.15) is 18.1 Å². The van der Waals surface area contributed by atoms with E-state index in [1.807, 2.05) is 48.7 Å². The summed E-state index contributed by atoms with van der Waals surface area (Å²) in [5, 5.41) is 11.9. The molecule has 3 heterocycles. The third-order valence-corrected chi connectivity index (χ3v) is 7.12. The molecule has 2 aliphatic rings. The van der Waals surface area contributed by atoms with Crippen LogP contribution in [0.4, 0.5) is 0 Å². The molecule has 0 radical (unpaired) electrons. The zero-order valence-electron chi connectivity index (χ0n) is 19.3. The van der Waals surface area contributed by atoms with Crippen LogP contribution in [0.3, 0.4) is 0 Å². The molecule has 0 bridgehead atoms. The minimum Gasteiger partial charge on any atom is -0.497 e. The molecule has 0 amide bonds. The summed E-state index contributed by atoms with van der Waals surface area (Å²) in [6.07, 6.45) is 6.42. The van der Waals surface area contributed by atoms with Crippen LogP contribution in [-0.4, -0.2) is 41.7 Å². The summed E-state index contributed by atoms with van der Waals surface area (Å²) in [4.78, 5) is 7.11. The Bertz CT molecular complexity index is 1180. The van der Waals surface area contributed by atoms with Gasteiger partial charge >= 0.3 is 0 Å². The summed E-state index contributed by atoms with van der Waals surface area (Å²) >= 11 is 6.02. The van der Waals surface area contributed by atoms with Crippen molar-refractivity contribution in [3.8, 4) is 11.5 Å². The van der Waals surface area contributed by atoms with Gasteiger partial charge < -0.3 is 19.5 Å². The van der Waals surface area contributed by atoms with E-state index in [1.165, 1.54) is 0 Å². The van der Waals surface area contributed by atoms with E-state index in [-0.39, 0.29) is 0 Å². The number of ether oxygens (including phenoxy) is 2. The number of aromatic nitrogens is 1. The van der Waals surface area contributed by atoms with Crippen molar-refractivity contribution in [1.82, 2.24) is 9.88 Å². The lowest BCUT2D eigenvalue weighted by molar-refractivity contribution is -0.0254. The van der Waals surface area contributed by atoms with E-state index < -0.39 is 5.60 Å². The highest BCUT2D eigenvalue weighted by Gasteiger charge is 2.33. The topological polar surface area (TPSA) is 54.8 Å². The molecule has 5 nitrogen and oxygen atoms in total. The molecule has 3 aromatic rings. The smallest absolute Gasteiger partial charge is 0.131 e. The van der Waals surface area contributed by atoms with Crippen LogP contribution in [0.5, 0.6) is 11.5 Å². The Balaban J connectivity index is 1.30. The first-order chi connectivity index (χ1) is 16.6. The van der Waals surface area contributed by atoms with Gasteiger partial charge in [0, 0.05) is 53.6 Å². The van der Waals surface area contributed by atoms with Gasteiger partial charge in [0.2, 0.25) is 0 Å². The molecule has 2 aromatic carbocycles. The minimum absolute atomic E-state index is 0.482. The second-order valence-electron chi connectivity index (χ2n) is 8.95. The number of aliphatic hydroxyl groups is 1. The highest BCUT2D eigenvalue weighted by Crippen LogP contribution is 2.38. The molecular weight excluding hydrogens is 448 g/mol. The third kappa shape index (κ3) is 4.69. The second kappa shape index (κ2) is 9.79. The Morgan fingerprint density at radius 3 is 2.71 bits per heavy atom. The first-order valence-corrected chi connectivity index (χ1v) is 12.1. The number of pyridine rings is 1. The molecule has 0 saturated carbocycles. The van der Waals surface area contributed by atoms with E-state index in [2.05, 4.69) is 23.1 Å². The average Bonchev–Trinajstić information content (AvgIpc) is 3.02. The minimum atomic E-state index is -0.779. The molecule has 1 saturated heterocycles. The summed E-state index contributed by atoms with van der Waals surface area (Å²) in [7, 11) is 1.66. The number of rotatable bonds is 5. The van der Waals surface area contributed by atoms with E-state index in [0.29, 0.717) is 24.5 Å². The van der Waals surface area contributed by atoms with Gasteiger partial charge in [-0.2, -0.15) is 0 Å². The van der Waals surface area contributed by atoms with Crippen LogP contribution in [0.15, 0.2) is 66.9 Å². The number of benzene rings is 2. The summed E-state index contributed by atoms with van der Waals surface area (Å²) in [6.45, 7) is 3.12. The highest BCUT2D eigenvalue weighted by atomic mass is 35.5. The molecular formula is C28H29ClN2O3. The second-order valence-corrected chi connectivity index (χ2v) is 9.38. The molecule has 1 N–H and O–H groups in total. The lowest BCUT2D eigenvalue weighted by Crippen LogP contribution is -2.42. The van der Waals surface area contributed by atoms with Crippen molar-refractivity contribution in [2.75, 3.05) is 26.7 Å². The van der Waals surface area contributed by atoms with Crippen molar-refractivity contribution in [3.05, 3.63) is 94.3 Å². The lowest BCUT2D eigenvalue weighted by Gasteiger charge is -2.38. The fourth-order valence-corrected chi connectivity index (χ4v) is 4.97. The van der Waals surface area contributed by atoms with Gasteiger partial charge in [-0.15, -0.1) is 0 Å². The van der Waals surface area contributed by atoms with Crippen molar-refractivity contribution in [3.63, 3.8) is 0 Å². The number of methoxy groups -OCH3 is 1. The summed E-state index contributed by atoms with van der Waals surface area (Å²) in [6, 6.07) is 17.6. The Morgan fingerprint density at radius 1 is 1.15 bits per heavy atom. The van der Waals surface area contributed by atoms with Crippen LogP contribution >= 0.6 is 11.6 Å².